The van der Waals surface area contributed by atoms with Crippen molar-refractivity contribution < 1.29 is 28.6 Å². The summed E-state index contributed by atoms with van der Waals surface area (Å²) in [6.07, 6.45) is 58.0. The lowest BCUT2D eigenvalue weighted by atomic mass is 9.99. The average molecular weight is 976 g/mol. The van der Waals surface area contributed by atoms with Crippen molar-refractivity contribution in [3.05, 3.63) is 0 Å². The zero-order valence-corrected chi connectivity index (χ0v) is 47.6. The minimum absolute atomic E-state index is 0.0629. The first-order chi connectivity index (χ1) is 33.7. The van der Waals surface area contributed by atoms with Crippen LogP contribution in [0.3, 0.4) is 0 Å². The number of rotatable bonds is 56. The largest absolute Gasteiger partial charge is 0.462 e. The van der Waals surface area contributed by atoms with E-state index >= 15 is 0 Å². The van der Waals surface area contributed by atoms with E-state index in [1.807, 2.05) is 0 Å². The number of ether oxygens (including phenoxy) is 3. The van der Waals surface area contributed by atoms with Crippen LogP contribution in [0.5, 0.6) is 0 Å². The summed E-state index contributed by atoms with van der Waals surface area (Å²) in [6, 6.07) is 0. The van der Waals surface area contributed by atoms with Crippen molar-refractivity contribution in [3.63, 3.8) is 0 Å². The predicted octanol–water partition coefficient (Wildman–Crippen LogP) is 20.7. The van der Waals surface area contributed by atoms with Crippen LogP contribution in [0.2, 0.25) is 0 Å². The molecule has 0 amide bonds. The van der Waals surface area contributed by atoms with Crippen molar-refractivity contribution in [2.24, 2.45) is 17.8 Å². The zero-order valence-electron chi connectivity index (χ0n) is 47.6. The molecular formula is C63H122O6. The molecule has 0 aliphatic carbocycles. The highest BCUT2D eigenvalue weighted by atomic mass is 16.6. The molecule has 0 rings (SSSR count). The van der Waals surface area contributed by atoms with Crippen molar-refractivity contribution in [1.82, 2.24) is 0 Å². The van der Waals surface area contributed by atoms with Gasteiger partial charge in [-0.25, -0.2) is 0 Å². The summed E-state index contributed by atoms with van der Waals surface area (Å²) >= 11 is 0. The molecule has 0 aliphatic rings. The minimum atomic E-state index is -0.764. The van der Waals surface area contributed by atoms with E-state index in [1.165, 1.54) is 231 Å². The molecule has 6 nitrogen and oxygen atoms in total. The normalized spacial score (nSPS) is 12.9. The van der Waals surface area contributed by atoms with Crippen LogP contribution in [0.15, 0.2) is 0 Å². The van der Waals surface area contributed by atoms with Gasteiger partial charge in [-0.3, -0.25) is 14.4 Å². The summed E-state index contributed by atoms with van der Waals surface area (Å²) in [4.78, 5) is 38.3. The van der Waals surface area contributed by atoms with E-state index in [0.717, 1.165) is 75.5 Å². The molecule has 69 heavy (non-hydrogen) atoms. The van der Waals surface area contributed by atoms with E-state index in [2.05, 4.69) is 41.5 Å². The van der Waals surface area contributed by atoms with Crippen molar-refractivity contribution in [3.8, 4) is 0 Å². The van der Waals surface area contributed by atoms with Crippen molar-refractivity contribution in [2.75, 3.05) is 13.2 Å². The topological polar surface area (TPSA) is 78.9 Å². The minimum Gasteiger partial charge on any atom is -0.462 e. The Balaban J connectivity index is 4.31. The summed E-state index contributed by atoms with van der Waals surface area (Å²) < 4.78 is 16.9. The fourth-order valence-electron chi connectivity index (χ4n) is 9.64. The maximum absolute atomic E-state index is 12.9. The highest BCUT2D eigenvalue weighted by molar-refractivity contribution is 5.71. The Morgan fingerprint density at radius 3 is 0.754 bits per heavy atom. The quantitative estimate of drug-likeness (QED) is 0.0343. The molecule has 0 saturated heterocycles. The maximum atomic E-state index is 12.9. The highest BCUT2D eigenvalue weighted by Gasteiger charge is 2.19. The van der Waals surface area contributed by atoms with Gasteiger partial charge in [-0.2, -0.15) is 0 Å². The van der Waals surface area contributed by atoms with Crippen molar-refractivity contribution in [1.29, 1.82) is 0 Å². The molecule has 0 radical (unpaired) electrons. The number of carbonyl (C=O) groups is 3. The summed E-state index contributed by atoms with van der Waals surface area (Å²) in [6.45, 7) is 13.9. The molecule has 0 spiro atoms. The second-order valence-corrected chi connectivity index (χ2v) is 22.7. The van der Waals surface area contributed by atoms with E-state index in [0.29, 0.717) is 19.3 Å². The Labute approximate surface area is 431 Å². The molecule has 6 heteroatoms. The monoisotopic (exact) mass is 975 g/mol. The first-order valence-corrected chi connectivity index (χ1v) is 31.2. The van der Waals surface area contributed by atoms with Gasteiger partial charge in [-0.05, 0) is 37.0 Å². The summed E-state index contributed by atoms with van der Waals surface area (Å²) in [7, 11) is 0. The molecule has 410 valence electrons. The smallest absolute Gasteiger partial charge is 0.306 e. The fraction of sp³-hybridized carbons (Fsp3) is 0.952. The Bertz CT molecular complexity index is 1070. The molecule has 0 fully saturated rings. The van der Waals surface area contributed by atoms with Crippen LogP contribution in [-0.4, -0.2) is 37.2 Å². The SMILES string of the molecule is CCC(C)CCCCCCCCCCCCCCCCC(=O)OC[C@@H](COC(=O)CCCCCCCCCCCCCCC(C)C)OC(=O)CCCCCCCCCCCCCCCCC(C)CC. The zero-order chi connectivity index (χ0) is 50.5. The number of unbranched alkanes of at least 4 members (excludes halogenated alkanes) is 37. The van der Waals surface area contributed by atoms with Gasteiger partial charge in [-0.1, -0.05) is 311 Å². The molecule has 0 aromatic heterocycles. The third kappa shape index (κ3) is 54.0. The average Bonchev–Trinajstić information content (AvgIpc) is 3.34. The van der Waals surface area contributed by atoms with Gasteiger partial charge in [0.2, 0.25) is 0 Å². The van der Waals surface area contributed by atoms with Crippen LogP contribution in [0.25, 0.3) is 0 Å². The van der Waals surface area contributed by atoms with Gasteiger partial charge in [0, 0.05) is 19.3 Å². The molecule has 0 N–H and O–H groups in total. The number of hydrogen-bond donors (Lipinski definition) is 0. The van der Waals surface area contributed by atoms with Crippen LogP contribution in [0, 0.1) is 17.8 Å². The van der Waals surface area contributed by atoms with Crippen LogP contribution in [-0.2, 0) is 28.6 Å². The number of carbonyl (C=O) groups excluding carboxylic acids is 3. The van der Waals surface area contributed by atoms with Crippen LogP contribution >= 0.6 is 0 Å². The first-order valence-electron chi connectivity index (χ1n) is 31.2. The van der Waals surface area contributed by atoms with E-state index in [9.17, 15) is 14.4 Å². The molecule has 0 heterocycles. The molecule has 0 bridgehead atoms. The van der Waals surface area contributed by atoms with Crippen LogP contribution in [0.1, 0.15) is 350 Å². The molecule has 0 aromatic carbocycles. The number of esters is 3. The lowest BCUT2D eigenvalue weighted by Gasteiger charge is -2.18. The summed E-state index contributed by atoms with van der Waals surface area (Å²) in [5.74, 6) is 1.79. The lowest BCUT2D eigenvalue weighted by Crippen LogP contribution is -2.30. The lowest BCUT2D eigenvalue weighted by molar-refractivity contribution is -0.167. The van der Waals surface area contributed by atoms with Gasteiger partial charge in [0.25, 0.3) is 0 Å². The Kier molecular flexibility index (Phi) is 52.9. The van der Waals surface area contributed by atoms with E-state index in [-0.39, 0.29) is 31.1 Å². The number of hydrogen-bond acceptors (Lipinski definition) is 6. The first kappa shape index (κ1) is 67.4. The van der Waals surface area contributed by atoms with Gasteiger partial charge in [0.15, 0.2) is 6.10 Å². The predicted molar refractivity (Wildman–Crippen MR) is 298 cm³/mol. The second-order valence-electron chi connectivity index (χ2n) is 22.7. The molecule has 2 unspecified atom stereocenters. The van der Waals surface area contributed by atoms with E-state index in [4.69, 9.17) is 14.2 Å². The molecule has 0 aliphatic heterocycles. The van der Waals surface area contributed by atoms with E-state index in [1.54, 1.807) is 0 Å². The fourth-order valence-corrected chi connectivity index (χ4v) is 9.64. The van der Waals surface area contributed by atoms with Crippen molar-refractivity contribution >= 4 is 17.9 Å². The van der Waals surface area contributed by atoms with Gasteiger partial charge < -0.3 is 14.2 Å². The van der Waals surface area contributed by atoms with Gasteiger partial charge in [0.1, 0.15) is 13.2 Å². The third-order valence-electron chi connectivity index (χ3n) is 15.1. The Hall–Kier alpha value is -1.59. The molecule has 3 atom stereocenters. The Morgan fingerprint density at radius 1 is 0.290 bits per heavy atom. The summed E-state index contributed by atoms with van der Waals surface area (Å²) in [5.41, 5.74) is 0. The summed E-state index contributed by atoms with van der Waals surface area (Å²) in [5, 5.41) is 0. The standard InChI is InChI=1S/C63H122O6/c1-7-58(5)50-44-38-32-26-20-13-9-11-15-22-28-34-40-46-52-61(64)67-55-60(56-68-62(65)53-47-41-35-29-23-18-17-19-25-31-37-43-49-57(3)4)69-63(66)54-48-42-36-30-24-16-12-10-14-21-27-33-39-45-51-59(6)8-2/h57-60H,7-56H2,1-6H3/t58?,59?,60-/m0/s1. The third-order valence-corrected chi connectivity index (χ3v) is 15.1. The van der Waals surface area contributed by atoms with Gasteiger partial charge >= 0.3 is 17.9 Å². The van der Waals surface area contributed by atoms with E-state index < -0.39 is 6.10 Å². The van der Waals surface area contributed by atoms with Gasteiger partial charge in [-0.15, -0.1) is 0 Å². The van der Waals surface area contributed by atoms with Crippen LogP contribution in [0.4, 0.5) is 0 Å². The second kappa shape index (κ2) is 54.2. The molecule has 0 saturated carbocycles. The Morgan fingerprint density at radius 2 is 0.507 bits per heavy atom. The molecule has 0 aromatic rings. The van der Waals surface area contributed by atoms with Crippen LogP contribution < -0.4 is 0 Å². The van der Waals surface area contributed by atoms with Crippen molar-refractivity contribution in [2.45, 2.75) is 356 Å². The maximum Gasteiger partial charge on any atom is 0.306 e. The van der Waals surface area contributed by atoms with Gasteiger partial charge in [0.05, 0.1) is 0 Å². The highest BCUT2D eigenvalue weighted by Crippen LogP contribution is 2.20. The molecular weight excluding hydrogens is 853 g/mol.